The molecule has 7 nitrogen and oxygen atoms in total. The fourth-order valence-corrected chi connectivity index (χ4v) is 6.95. The van der Waals surface area contributed by atoms with Crippen LogP contribution in [0.5, 0.6) is 5.88 Å². The Morgan fingerprint density at radius 3 is 2.71 bits per heavy atom. The average molecular weight is 445 g/mol. The first-order chi connectivity index (χ1) is 15.1. The maximum Gasteiger partial charge on any atom is 0.246 e. The smallest absolute Gasteiger partial charge is 0.246 e. The number of nitrogens with two attached hydrogens (primary N) is 1. The van der Waals surface area contributed by atoms with Gasteiger partial charge in [0.05, 0.1) is 5.39 Å². The van der Waals surface area contributed by atoms with E-state index in [0.717, 1.165) is 41.5 Å². The van der Waals surface area contributed by atoms with Gasteiger partial charge in [-0.1, -0.05) is 6.42 Å². The van der Waals surface area contributed by atoms with Crippen LogP contribution in [0.2, 0.25) is 0 Å². The van der Waals surface area contributed by atoms with Crippen molar-refractivity contribution >= 4 is 27.5 Å². The average Bonchev–Trinajstić information content (AvgIpc) is 3.35. The summed E-state index contributed by atoms with van der Waals surface area (Å²) in [5.74, 6) is 0.102. The van der Waals surface area contributed by atoms with Gasteiger partial charge >= 0.3 is 0 Å². The number of rotatable bonds is 6. The molecular formula is C23H32N4O3S. The molecule has 8 heteroatoms. The van der Waals surface area contributed by atoms with E-state index >= 15 is 0 Å². The molecule has 2 aromatic heterocycles. The number of hydrogen-bond donors (Lipinski definition) is 2. The standard InChI is InChI=1S/C23H32N4O3S/c24-21(29)17(28)12-14-4-9-18-19(14)20-22(25-13-26-23(20)31-18)30-16-7-5-15(6-8-16)27-10-2-1-3-11-27/h13-17,28H,1-12H2,(H2,24,29)/t14-,15?,16?,17-/m1/s1. The third-order valence-corrected chi connectivity index (χ3v) is 8.53. The van der Waals surface area contributed by atoms with E-state index in [-0.39, 0.29) is 12.0 Å². The molecule has 1 amide bonds. The number of piperidine rings is 1. The van der Waals surface area contributed by atoms with Crippen LogP contribution in [0.1, 0.15) is 74.1 Å². The normalized spacial score (nSPS) is 27.8. The number of aryl methyl sites for hydroxylation is 1. The van der Waals surface area contributed by atoms with Gasteiger partial charge in [-0.2, -0.15) is 0 Å². The number of thiophene rings is 1. The number of ether oxygens (including phenoxy) is 1. The van der Waals surface area contributed by atoms with Crippen LogP contribution in [-0.4, -0.2) is 57.2 Å². The second-order valence-corrected chi connectivity index (χ2v) is 10.4. The van der Waals surface area contributed by atoms with Crippen molar-refractivity contribution in [3.63, 3.8) is 0 Å². The maximum atomic E-state index is 11.4. The Balaban J connectivity index is 1.31. The van der Waals surface area contributed by atoms with Crippen LogP contribution in [-0.2, 0) is 11.2 Å². The van der Waals surface area contributed by atoms with Crippen molar-refractivity contribution in [1.82, 2.24) is 14.9 Å². The summed E-state index contributed by atoms with van der Waals surface area (Å²) in [7, 11) is 0. The molecule has 1 saturated heterocycles. The van der Waals surface area contributed by atoms with Gasteiger partial charge in [0.15, 0.2) is 0 Å². The van der Waals surface area contributed by atoms with E-state index in [0.29, 0.717) is 18.3 Å². The zero-order chi connectivity index (χ0) is 21.4. The minimum absolute atomic E-state index is 0.0921. The van der Waals surface area contributed by atoms with E-state index in [2.05, 4.69) is 14.9 Å². The fraction of sp³-hybridized carbons (Fsp3) is 0.696. The molecule has 2 aliphatic carbocycles. The fourth-order valence-electron chi connectivity index (χ4n) is 5.72. The van der Waals surface area contributed by atoms with Crippen LogP contribution in [0.3, 0.4) is 0 Å². The number of aromatic nitrogens is 2. The number of aliphatic hydroxyl groups is 1. The first-order valence-electron chi connectivity index (χ1n) is 11.7. The van der Waals surface area contributed by atoms with Crippen LogP contribution < -0.4 is 10.5 Å². The van der Waals surface area contributed by atoms with Gasteiger partial charge in [0.25, 0.3) is 0 Å². The Morgan fingerprint density at radius 1 is 1.19 bits per heavy atom. The van der Waals surface area contributed by atoms with Gasteiger partial charge < -0.3 is 20.5 Å². The zero-order valence-corrected chi connectivity index (χ0v) is 18.8. The second-order valence-electron chi connectivity index (χ2n) is 9.33. The number of amides is 1. The monoisotopic (exact) mass is 444 g/mol. The lowest BCUT2D eigenvalue weighted by Crippen LogP contribution is -2.42. The quantitative estimate of drug-likeness (QED) is 0.710. The molecule has 3 aliphatic rings. The third-order valence-electron chi connectivity index (χ3n) is 7.36. The lowest BCUT2D eigenvalue weighted by atomic mass is 9.90. The van der Waals surface area contributed by atoms with Crippen LogP contribution >= 0.6 is 11.3 Å². The van der Waals surface area contributed by atoms with Crippen LogP contribution in [0, 0.1) is 0 Å². The molecule has 168 valence electrons. The Labute approximate surface area is 187 Å². The summed E-state index contributed by atoms with van der Waals surface area (Å²) >= 11 is 1.69. The van der Waals surface area contributed by atoms with Gasteiger partial charge in [-0.3, -0.25) is 4.79 Å². The molecule has 2 atom stereocenters. The van der Waals surface area contributed by atoms with Gasteiger partial charge in [0, 0.05) is 10.9 Å². The Morgan fingerprint density at radius 2 is 1.97 bits per heavy atom. The molecule has 5 rings (SSSR count). The summed E-state index contributed by atoms with van der Waals surface area (Å²) < 4.78 is 6.47. The predicted molar refractivity (Wildman–Crippen MR) is 120 cm³/mol. The summed E-state index contributed by atoms with van der Waals surface area (Å²) in [5.41, 5.74) is 6.47. The minimum Gasteiger partial charge on any atom is -0.474 e. The van der Waals surface area contributed by atoms with Crippen LogP contribution in [0.4, 0.5) is 0 Å². The number of aliphatic hydroxyl groups excluding tert-OH is 1. The lowest BCUT2D eigenvalue weighted by molar-refractivity contribution is -0.126. The lowest BCUT2D eigenvalue weighted by Gasteiger charge is -2.38. The topological polar surface area (TPSA) is 102 Å². The largest absolute Gasteiger partial charge is 0.474 e. The first kappa shape index (κ1) is 21.1. The highest BCUT2D eigenvalue weighted by Crippen LogP contribution is 2.47. The minimum atomic E-state index is -1.12. The summed E-state index contributed by atoms with van der Waals surface area (Å²) in [4.78, 5) is 25.3. The SMILES string of the molecule is NC(=O)[C@H](O)C[C@H]1CCc2sc3ncnc(OC4CCC(N5CCCCC5)CC4)c3c21. The van der Waals surface area contributed by atoms with Gasteiger partial charge in [0.2, 0.25) is 11.8 Å². The van der Waals surface area contributed by atoms with E-state index < -0.39 is 12.0 Å². The first-order valence-corrected chi connectivity index (χ1v) is 12.6. The number of fused-ring (bicyclic) bond motifs is 3. The van der Waals surface area contributed by atoms with E-state index in [1.807, 2.05) is 0 Å². The van der Waals surface area contributed by atoms with Gasteiger partial charge in [-0.25, -0.2) is 9.97 Å². The Hall–Kier alpha value is -1.77. The Bertz CT molecular complexity index is 934. The van der Waals surface area contributed by atoms with Gasteiger partial charge in [-0.05, 0) is 82.4 Å². The summed E-state index contributed by atoms with van der Waals surface area (Å²) in [6.45, 7) is 2.50. The number of nitrogens with zero attached hydrogens (tertiary/aromatic N) is 3. The van der Waals surface area contributed by atoms with Crippen molar-refractivity contribution in [1.29, 1.82) is 0 Å². The molecule has 3 N–H and O–H groups in total. The molecule has 0 spiro atoms. The van der Waals surface area contributed by atoms with E-state index in [4.69, 9.17) is 10.5 Å². The van der Waals surface area contributed by atoms with Crippen LogP contribution in [0.15, 0.2) is 6.33 Å². The summed E-state index contributed by atoms with van der Waals surface area (Å²) in [5, 5.41) is 11.0. The molecule has 0 radical (unpaired) electrons. The number of carbonyl (C=O) groups is 1. The second kappa shape index (κ2) is 9.00. The number of carbonyl (C=O) groups excluding carboxylic acids is 1. The van der Waals surface area contributed by atoms with E-state index in [1.165, 1.54) is 50.1 Å². The number of primary amides is 1. The molecule has 1 aliphatic heterocycles. The molecule has 2 aromatic rings. The zero-order valence-electron chi connectivity index (χ0n) is 18.0. The van der Waals surface area contributed by atoms with Gasteiger partial charge in [0.1, 0.15) is 23.4 Å². The highest BCUT2D eigenvalue weighted by atomic mass is 32.1. The van der Waals surface area contributed by atoms with Crippen molar-refractivity contribution in [2.24, 2.45) is 5.73 Å². The van der Waals surface area contributed by atoms with Crippen molar-refractivity contribution in [3.8, 4) is 5.88 Å². The molecule has 0 aromatic carbocycles. The van der Waals surface area contributed by atoms with Crippen molar-refractivity contribution in [2.45, 2.75) is 88.4 Å². The molecule has 31 heavy (non-hydrogen) atoms. The molecule has 0 unspecified atom stereocenters. The van der Waals surface area contributed by atoms with Crippen molar-refractivity contribution in [3.05, 3.63) is 16.8 Å². The summed E-state index contributed by atoms with van der Waals surface area (Å²) in [6, 6.07) is 0.704. The van der Waals surface area contributed by atoms with Crippen molar-refractivity contribution in [2.75, 3.05) is 13.1 Å². The molecular weight excluding hydrogens is 412 g/mol. The third kappa shape index (κ3) is 4.30. The number of likely N-dealkylation sites (tertiary alicyclic amines) is 1. The molecule has 2 fully saturated rings. The number of hydrogen-bond acceptors (Lipinski definition) is 7. The van der Waals surface area contributed by atoms with Crippen molar-refractivity contribution < 1.29 is 14.6 Å². The maximum absolute atomic E-state index is 11.4. The van der Waals surface area contributed by atoms with E-state index in [1.54, 1.807) is 17.7 Å². The van der Waals surface area contributed by atoms with E-state index in [9.17, 15) is 9.90 Å². The Kier molecular flexibility index (Phi) is 6.12. The molecule has 1 saturated carbocycles. The molecule has 0 bridgehead atoms. The van der Waals surface area contributed by atoms with Gasteiger partial charge in [-0.15, -0.1) is 11.3 Å². The highest BCUT2D eigenvalue weighted by Gasteiger charge is 2.34. The van der Waals surface area contributed by atoms with Crippen LogP contribution in [0.25, 0.3) is 10.2 Å². The molecule has 3 heterocycles. The highest BCUT2D eigenvalue weighted by molar-refractivity contribution is 7.19. The predicted octanol–water partition coefficient (Wildman–Crippen LogP) is 3.13. The summed E-state index contributed by atoms with van der Waals surface area (Å²) in [6.07, 6.45) is 11.4.